The Morgan fingerprint density at radius 2 is 1.92 bits per heavy atom. The summed E-state index contributed by atoms with van der Waals surface area (Å²) in [4.78, 5) is 24.5. The first-order chi connectivity index (χ1) is 12.0. The highest BCUT2D eigenvalue weighted by atomic mass is 16.5. The second-order valence-electron chi connectivity index (χ2n) is 5.54. The number of rotatable bonds is 7. The number of nitrogens with one attached hydrogen (secondary N) is 1. The molecule has 0 bridgehead atoms. The highest BCUT2D eigenvalue weighted by molar-refractivity contribution is 5.79. The quantitative estimate of drug-likeness (QED) is 0.830. The number of nitrogens with zero attached hydrogens (tertiary/aromatic N) is 2. The van der Waals surface area contributed by atoms with Gasteiger partial charge in [-0.3, -0.25) is 9.59 Å². The fourth-order valence-corrected chi connectivity index (χ4v) is 2.34. The molecule has 0 aliphatic rings. The summed E-state index contributed by atoms with van der Waals surface area (Å²) in [5.41, 5.74) is 0.848. The van der Waals surface area contributed by atoms with Crippen LogP contribution in [0.5, 0.6) is 11.5 Å². The molecule has 7 heteroatoms. The Kier molecular flexibility index (Phi) is 6.16. The summed E-state index contributed by atoms with van der Waals surface area (Å²) < 4.78 is 11.6. The first-order valence-electron chi connectivity index (χ1n) is 8.11. The van der Waals surface area contributed by atoms with Crippen LogP contribution < -0.4 is 20.3 Å². The first kappa shape index (κ1) is 18.5. The summed E-state index contributed by atoms with van der Waals surface area (Å²) in [6.07, 6.45) is 0.820. The molecular formula is C18H23N3O4. The lowest BCUT2D eigenvalue weighted by molar-refractivity contribution is -0.124. The van der Waals surface area contributed by atoms with Crippen molar-refractivity contribution >= 4 is 5.91 Å². The molecule has 2 aromatic rings. The van der Waals surface area contributed by atoms with Crippen molar-refractivity contribution in [2.24, 2.45) is 0 Å². The van der Waals surface area contributed by atoms with Gasteiger partial charge in [-0.15, -0.1) is 0 Å². The summed E-state index contributed by atoms with van der Waals surface area (Å²) in [5.74, 6) is 0.818. The lowest BCUT2D eigenvalue weighted by Crippen LogP contribution is -2.37. The lowest BCUT2D eigenvalue weighted by Gasteiger charge is -2.16. The number of amides is 1. The molecule has 1 aromatic heterocycles. The van der Waals surface area contributed by atoms with E-state index in [1.165, 1.54) is 17.9 Å². The molecule has 1 heterocycles. The Labute approximate surface area is 146 Å². The smallest absolute Gasteiger partial charge is 0.271 e. The van der Waals surface area contributed by atoms with Crippen molar-refractivity contribution in [1.82, 2.24) is 15.1 Å². The summed E-state index contributed by atoms with van der Waals surface area (Å²) in [5, 5.41) is 7.15. The molecule has 7 nitrogen and oxygen atoms in total. The van der Waals surface area contributed by atoms with Gasteiger partial charge in [0.25, 0.3) is 5.56 Å². The molecule has 0 radical (unpaired) electrons. The zero-order valence-electron chi connectivity index (χ0n) is 14.9. The average Bonchev–Trinajstić information content (AvgIpc) is 2.65. The van der Waals surface area contributed by atoms with Crippen LogP contribution in [0.15, 0.2) is 35.1 Å². The van der Waals surface area contributed by atoms with E-state index < -0.39 is 11.6 Å². The molecule has 134 valence electrons. The maximum atomic E-state index is 12.3. The van der Waals surface area contributed by atoms with Crippen molar-refractivity contribution in [3.05, 3.63) is 40.7 Å². The monoisotopic (exact) mass is 345 g/mol. The predicted octanol–water partition coefficient (Wildman–Crippen LogP) is 2.01. The SMILES string of the molecule is CCCNC(=O)C(C)n1nc(-c2ccc(OC)cc2)c(OC)cc1=O. The normalized spacial score (nSPS) is 11.7. The van der Waals surface area contributed by atoms with Crippen LogP contribution in [-0.2, 0) is 4.79 Å². The Bertz CT molecular complexity index is 784. The molecule has 0 saturated heterocycles. The van der Waals surface area contributed by atoms with Crippen LogP contribution >= 0.6 is 0 Å². The fourth-order valence-electron chi connectivity index (χ4n) is 2.34. The highest BCUT2D eigenvalue weighted by Crippen LogP contribution is 2.28. The van der Waals surface area contributed by atoms with E-state index >= 15 is 0 Å². The standard InChI is InChI=1S/C18H23N3O4/c1-5-10-19-18(23)12(2)21-16(22)11-15(25-4)17(20-21)13-6-8-14(24-3)9-7-13/h6-9,11-12H,5,10H2,1-4H3,(H,19,23). The van der Waals surface area contributed by atoms with Gasteiger partial charge in [0.15, 0.2) is 5.75 Å². The number of carbonyl (C=O) groups is 1. The second kappa shape index (κ2) is 8.32. The summed E-state index contributed by atoms with van der Waals surface area (Å²) in [6.45, 7) is 4.16. The first-order valence-corrected chi connectivity index (χ1v) is 8.11. The molecule has 1 amide bonds. The third-order valence-corrected chi connectivity index (χ3v) is 3.80. The van der Waals surface area contributed by atoms with Crippen molar-refractivity contribution in [2.75, 3.05) is 20.8 Å². The van der Waals surface area contributed by atoms with Gasteiger partial charge in [0, 0.05) is 18.2 Å². The van der Waals surface area contributed by atoms with E-state index in [0.29, 0.717) is 23.7 Å². The van der Waals surface area contributed by atoms with Crippen LogP contribution in [0, 0.1) is 0 Å². The maximum absolute atomic E-state index is 12.3. The maximum Gasteiger partial charge on any atom is 0.271 e. The molecule has 0 saturated carbocycles. The molecular weight excluding hydrogens is 322 g/mol. The predicted molar refractivity (Wildman–Crippen MR) is 95.0 cm³/mol. The number of hydrogen-bond acceptors (Lipinski definition) is 5. The van der Waals surface area contributed by atoms with Crippen LogP contribution in [-0.4, -0.2) is 36.5 Å². The van der Waals surface area contributed by atoms with E-state index in [-0.39, 0.29) is 5.91 Å². The van der Waals surface area contributed by atoms with Crippen LogP contribution in [0.25, 0.3) is 11.3 Å². The molecule has 0 spiro atoms. The highest BCUT2D eigenvalue weighted by Gasteiger charge is 2.20. The van der Waals surface area contributed by atoms with E-state index in [1.807, 2.05) is 19.1 Å². The second-order valence-corrected chi connectivity index (χ2v) is 5.54. The number of ether oxygens (including phenoxy) is 2. The minimum absolute atomic E-state index is 0.248. The Balaban J connectivity index is 2.45. The van der Waals surface area contributed by atoms with Crippen molar-refractivity contribution in [3.8, 4) is 22.8 Å². The van der Waals surface area contributed by atoms with Crippen molar-refractivity contribution in [2.45, 2.75) is 26.3 Å². The molecule has 25 heavy (non-hydrogen) atoms. The number of methoxy groups -OCH3 is 2. The van der Waals surface area contributed by atoms with Gasteiger partial charge in [0.1, 0.15) is 17.5 Å². The molecule has 1 unspecified atom stereocenters. The van der Waals surface area contributed by atoms with E-state index in [2.05, 4.69) is 10.4 Å². The molecule has 2 rings (SSSR count). The zero-order chi connectivity index (χ0) is 18.4. The lowest BCUT2D eigenvalue weighted by atomic mass is 10.1. The molecule has 1 atom stereocenters. The van der Waals surface area contributed by atoms with Gasteiger partial charge in [-0.1, -0.05) is 6.92 Å². The van der Waals surface area contributed by atoms with Crippen LogP contribution in [0.2, 0.25) is 0 Å². The summed E-state index contributed by atoms with van der Waals surface area (Å²) in [6, 6.07) is 7.85. The minimum Gasteiger partial charge on any atom is -0.497 e. The molecule has 0 aliphatic carbocycles. The van der Waals surface area contributed by atoms with E-state index in [1.54, 1.807) is 26.2 Å². The van der Waals surface area contributed by atoms with Gasteiger partial charge in [-0.2, -0.15) is 5.10 Å². The third kappa shape index (κ3) is 4.17. The third-order valence-electron chi connectivity index (χ3n) is 3.80. The van der Waals surface area contributed by atoms with Gasteiger partial charge >= 0.3 is 0 Å². The van der Waals surface area contributed by atoms with E-state index in [4.69, 9.17) is 9.47 Å². The van der Waals surface area contributed by atoms with Gasteiger partial charge in [0.05, 0.1) is 14.2 Å². The van der Waals surface area contributed by atoms with E-state index in [0.717, 1.165) is 12.0 Å². The van der Waals surface area contributed by atoms with Crippen LogP contribution in [0.3, 0.4) is 0 Å². The van der Waals surface area contributed by atoms with Crippen molar-refractivity contribution in [3.63, 3.8) is 0 Å². The van der Waals surface area contributed by atoms with Crippen molar-refractivity contribution < 1.29 is 14.3 Å². The molecule has 0 fully saturated rings. The fraction of sp³-hybridized carbons (Fsp3) is 0.389. The Morgan fingerprint density at radius 3 is 2.48 bits per heavy atom. The van der Waals surface area contributed by atoms with Gasteiger partial charge in [0.2, 0.25) is 5.91 Å². The number of carbonyl (C=O) groups excluding carboxylic acids is 1. The van der Waals surface area contributed by atoms with Crippen molar-refractivity contribution in [1.29, 1.82) is 0 Å². The number of benzene rings is 1. The van der Waals surface area contributed by atoms with Gasteiger partial charge in [-0.05, 0) is 37.6 Å². The number of aromatic nitrogens is 2. The molecule has 1 aromatic carbocycles. The molecule has 1 N–H and O–H groups in total. The topological polar surface area (TPSA) is 82.5 Å². The van der Waals surface area contributed by atoms with Crippen LogP contribution in [0.4, 0.5) is 0 Å². The average molecular weight is 345 g/mol. The van der Waals surface area contributed by atoms with Gasteiger partial charge in [-0.25, -0.2) is 4.68 Å². The summed E-state index contributed by atoms with van der Waals surface area (Å²) >= 11 is 0. The Hall–Kier alpha value is -2.83. The van der Waals surface area contributed by atoms with Gasteiger partial charge < -0.3 is 14.8 Å². The Morgan fingerprint density at radius 1 is 1.24 bits per heavy atom. The van der Waals surface area contributed by atoms with E-state index in [9.17, 15) is 9.59 Å². The zero-order valence-corrected chi connectivity index (χ0v) is 14.9. The number of hydrogen-bond donors (Lipinski definition) is 1. The minimum atomic E-state index is -0.720. The molecule has 0 aliphatic heterocycles. The summed E-state index contributed by atoms with van der Waals surface area (Å²) in [7, 11) is 3.07. The van der Waals surface area contributed by atoms with Crippen LogP contribution in [0.1, 0.15) is 26.3 Å². The largest absolute Gasteiger partial charge is 0.497 e.